The summed E-state index contributed by atoms with van der Waals surface area (Å²) in [6.07, 6.45) is 2.79. The van der Waals surface area contributed by atoms with Gasteiger partial charge in [0.25, 0.3) is 0 Å². The van der Waals surface area contributed by atoms with Crippen LogP contribution in [0.3, 0.4) is 0 Å². The van der Waals surface area contributed by atoms with Crippen molar-refractivity contribution in [2.75, 3.05) is 13.1 Å². The Kier molecular flexibility index (Phi) is 9.74. The minimum Gasteiger partial charge on any atom is -0.410 e. The number of nitrogens with zero attached hydrogens (tertiary/aromatic N) is 1. The van der Waals surface area contributed by atoms with Crippen molar-refractivity contribution >= 4 is 47.4 Å². The molecule has 2 fully saturated rings. The number of nitrogens with one attached hydrogen (secondary N) is 2. The van der Waals surface area contributed by atoms with E-state index in [1.54, 1.807) is 30.3 Å². The highest BCUT2D eigenvalue weighted by Gasteiger charge is 2.49. The predicted octanol–water partition coefficient (Wildman–Crippen LogP) is 5.15. The number of hydrogen-bond donors (Lipinski definition) is 2. The molecule has 214 valence electrons. The lowest BCUT2D eigenvalue weighted by Crippen LogP contribution is -2.55. The average Bonchev–Trinajstić information content (AvgIpc) is 3.60. The molecule has 1 saturated carbocycles. The molecule has 0 spiro atoms. The summed E-state index contributed by atoms with van der Waals surface area (Å²) in [6.45, 7) is 4.72. The molecule has 3 atom stereocenters. The van der Waals surface area contributed by atoms with E-state index < -0.39 is 24.1 Å². The number of halogens is 2. The lowest BCUT2D eigenvalue weighted by molar-refractivity contribution is -0.130. The lowest BCUT2D eigenvalue weighted by Gasteiger charge is -2.35. The van der Waals surface area contributed by atoms with Crippen LogP contribution in [0.1, 0.15) is 51.5 Å². The van der Waals surface area contributed by atoms with Crippen molar-refractivity contribution in [1.29, 1.82) is 0 Å². The molecule has 0 bridgehead atoms. The highest BCUT2D eigenvalue weighted by Crippen LogP contribution is 2.49. The predicted molar refractivity (Wildman–Crippen MR) is 154 cm³/mol. The number of carbonyl (C=O) groups excluding carboxylic acids is 4. The van der Waals surface area contributed by atoms with Gasteiger partial charge in [0, 0.05) is 34.5 Å². The van der Waals surface area contributed by atoms with Gasteiger partial charge in [0.15, 0.2) is 0 Å². The zero-order valence-electron chi connectivity index (χ0n) is 22.7. The molecular weight excluding hydrogens is 553 g/mol. The Bertz CT molecular complexity index is 1230. The molecule has 1 heterocycles. The molecule has 0 aromatic heterocycles. The van der Waals surface area contributed by atoms with Crippen LogP contribution in [0.5, 0.6) is 5.75 Å². The number of rotatable bonds is 12. The van der Waals surface area contributed by atoms with E-state index >= 15 is 0 Å². The van der Waals surface area contributed by atoms with E-state index in [-0.39, 0.29) is 36.1 Å². The van der Waals surface area contributed by atoms with E-state index in [0.717, 1.165) is 18.4 Å². The van der Waals surface area contributed by atoms with Crippen LogP contribution in [0.4, 0.5) is 4.79 Å². The Morgan fingerprint density at radius 3 is 2.45 bits per heavy atom. The van der Waals surface area contributed by atoms with Gasteiger partial charge >= 0.3 is 6.09 Å². The molecular formula is C30H35Cl2N3O5. The lowest BCUT2D eigenvalue weighted by atomic mass is 9.93. The Morgan fingerprint density at radius 1 is 1.15 bits per heavy atom. The van der Waals surface area contributed by atoms with Gasteiger partial charge in [-0.05, 0) is 80.0 Å². The maximum absolute atomic E-state index is 13.8. The molecule has 8 nitrogen and oxygen atoms in total. The first-order chi connectivity index (χ1) is 19.1. The number of carbonyl (C=O) groups is 4. The van der Waals surface area contributed by atoms with Crippen LogP contribution in [0, 0.1) is 11.8 Å². The second kappa shape index (κ2) is 13.0. The molecule has 2 aromatic carbocycles. The van der Waals surface area contributed by atoms with Gasteiger partial charge in [0.05, 0.1) is 6.04 Å². The molecule has 2 aromatic rings. The molecule has 0 radical (unpaired) electrons. The molecule has 3 unspecified atom stereocenters. The van der Waals surface area contributed by atoms with Gasteiger partial charge in [0.1, 0.15) is 18.1 Å². The Balaban J connectivity index is 1.61. The summed E-state index contributed by atoms with van der Waals surface area (Å²) in [5.41, 5.74) is 0.622. The summed E-state index contributed by atoms with van der Waals surface area (Å²) in [4.78, 5) is 53.0. The van der Waals surface area contributed by atoms with Gasteiger partial charge < -0.3 is 20.2 Å². The van der Waals surface area contributed by atoms with Crippen LogP contribution in [-0.4, -0.2) is 54.3 Å². The molecule has 10 heteroatoms. The first-order valence-corrected chi connectivity index (χ1v) is 14.4. The van der Waals surface area contributed by atoms with Crippen molar-refractivity contribution < 1.29 is 23.9 Å². The van der Waals surface area contributed by atoms with Gasteiger partial charge in [-0.1, -0.05) is 49.2 Å². The fourth-order valence-corrected chi connectivity index (χ4v) is 5.54. The fourth-order valence-electron chi connectivity index (χ4n) is 5.22. The second-order valence-electron chi connectivity index (χ2n) is 11.1. The van der Waals surface area contributed by atoms with Crippen LogP contribution in [0.2, 0.25) is 10.0 Å². The minimum atomic E-state index is -0.906. The summed E-state index contributed by atoms with van der Waals surface area (Å²) < 4.78 is 5.73. The largest absolute Gasteiger partial charge is 0.415 e. The normalized spacial score (nSPS) is 18.9. The first-order valence-electron chi connectivity index (χ1n) is 13.6. The summed E-state index contributed by atoms with van der Waals surface area (Å²) in [5.74, 6) is -0.571. The van der Waals surface area contributed by atoms with Gasteiger partial charge in [0.2, 0.25) is 11.8 Å². The van der Waals surface area contributed by atoms with Crippen LogP contribution in [-0.2, 0) is 19.8 Å². The molecule has 3 amide bonds. The Labute approximate surface area is 244 Å². The molecule has 1 aliphatic heterocycles. The number of amides is 3. The number of benzene rings is 2. The third-order valence-electron chi connectivity index (χ3n) is 7.58. The maximum atomic E-state index is 13.8. The summed E-state index contributed by atoms with van der Waals surface area (Å²) in [7, 11) is 0. The van der Waals surface area contributed by atoms with Crippen molar-refractivity contribution in [3.8, 4) is 5.75 Å². The summed E-state index contributed by atoms with van der Waals surface area (Å²) >= 11 is 12.3. The van der Waals surface area contributed by atoms with E-state index in [4.69, 9.17) is 27.9 Å². The quantitative estimate of drug-likeness (QED) is 0.334. The topological polar surface area (TPSA) is 105 Å². The van der Waals surface area contributed by atoms with Gasteiger partial charge in [-0.3, -0.25) is 14.5 Å². The zero-order chi connectivity index (χ0) is 28.9. The first kappa shape index (κ1) is 29.9. The van der Waals surface area contributed by atoms with Crippen LogP contribution >= 0.6 is 23.2 Å². The summed E-state index contributed by atoms with van der Waals surface area (Å²) in [5, 5.41) is 6.66. The van der Waals surface area contributed by atoms with Crippen LogP contribution in [0.25, 0.3) is 0 Å². The highest BCUT2D eigenvalue weighted by atomic mass is 35.5. The third kappa shape index (κ3) is 7.55. The van der Waals surface area contributed by atoms with Crippen molar-refractivity contribution in [1.82, 2.24) is 15.5 Å². The zero-order valence-corrected chi connectivity index (χ0v) is 24.2. The maximum Gasteiger partial charge on any atom is 0.415 e. The van der Waals surface area contributed by atoms with E-state index in [2.05, 4.69) is 10.6 Å². The molecule has 4 rings (SSSR count). The third-order valence-corrected chi connectivity index (χ3v) is 8.07. The van der Waals surface area contributed by atoms with E-state index in [1.165, 1.54) is 4.90 Å². The number of ether oxygens (including phenoxy) is 1. The van der Waals surface area contributed by atoms with E-state index in [0.29, 0.717) is 41.5 Å². The SMILES string of the molecule is CC(C)CC(C(=O)NC(C=O)CC1CCNC1=O)N(CC1(c2cccc(Cl)c2)CC1)C(=O)Oc1ccc(Cl)cc1. The average molecular weight is 589 g/mol. The van der Waals surface area contributed by atoms with Crippen molar-refractivity contribution in [2.24, 2.45) is 11.8 Å². The fraction of sp³-hybridized carbons (Fsp3) is 0.467. The molecule has 40 heavy (non-hydrogen) atoms. The summed E-state index contributed by atoms with van der Waals surface area (Å²) in [6, 6.07) is 12.2. The minimum absolute atomic E-state index is 0.0539. The standard InChI is InChI=1S/C30H35Cl2N3O5/c1-19(2)14-26(28(38)34-24(17-36)15-20-10-13-33-27(20)37)35(29(39)40-25-8-6-22(31)7-9-25)18-30(11-12-30)21-4-3-5-23(32)16-21/h3-9,16-17,19-20,24,26H,10-15,18H2,1-2H3,(H,33,37)(H,34,38). The van der Waals surface area contributed by atoms with Gasteiger partial charge in [-0.25, -0.2) is 4.79 Å². The Morgan fingerprint density at radius 2 is 1.88 bits per heavy atom. The molecule has 2 N–H and O–H groups in total. The van der Waals surface area contributed by atoms with E-state index in [1.807, 2.05) is 32.0 Å². The smallest absolute Gasteiger partial charge is 0.410 e. The van der Waals surface area contributed by atoms with Crippen LogP contribution < -0.4 is 15.4 Å². The van der Waals surface area contributed by atoms with Crippen molar-refractivity contribution in [3.05, 3.63) is 64.1 Å². The van der Waals surface area contributed by atoms with Crippen molar-refractivity contribution in [3.63, 3.8) is 0 Å². The highest BCUT2D eigenvalue weighted by molar-refractivity contribution is 6.30. The molecule has 2 aliphatic rings. The monoisotopic (exact) mass is 587 g/mol. The van der Waals surface area contributed by atoms with Crippen LogP contribution in [0.15, 0.2) is 48.5 Å². The van der Waals surface area contributed by atoms with Crippen molar-refractivity contribution in [2.45, 2.75) is 63.5 Å². The van der Waals surface area contributed by atoms with Gasteiger partial charge in [-0.2, -0.15) is 0 Å². The van der Waals surface area contributed by atoms with E-state index in [9.17, 15) is 19.2 Å². The van der Waals surface area contributed by atoms with Gasteiger partial charge in [-0.15, -0.1) is 0 Å². The molecule has 1 aliphatic carbocycles. The Hall–Kier alpha value is -3.10. The second-order valence-corrected chi connectivity index (χ2v) is 12.0. The number of aldehydes is 1. The molecule has 1 saturated heterocycles. The number of hydrogen-bond acceptors (Lipinski definition) is 5.